The molecule has 0 spiro atoms. The first-order chi connectivity index (χ1) is 16.0. The molecule has 1 saturated heterocycles. The van der Waals surface area contributed by atoms with Gasteiger partial charge >= 0.3 is 0 Å². The van der Waals surface area contributed by atoms with Gasteiger partial charge in [0, 0.05) is 42.8 Å². The molecule has 0 amide bonds. The van der Waals surface area contributed by atoms with Crippen molar-refractivity contribution in [3.63, 3.8) is 0 Å². The third kappa shape index (κ3) is 5.31. The van der Waals surface area contributed by atoms with Crippen LogP contribution < -0.4 is 5.56 Å². The number of H-pyrrole nitrogens is 1. The molecule has 9 heteroatoms. The monoisotopic (exact) mass is 454 g/mol. The van der Waals surface area contributed by atoms with Crippen LogP contribution in [0.25, 0.3) is 10.9 Å². The number of ether oxygens (including phenoxy) is 1. The van der Waals surface area contributed by atoms with Crippen molar-refractivity contribution in [2.24, 2.45) is 0 Å². The number of aromatic nitrogens is 5. The fourth-order valence-corrected chi connectivity index (χ4v) is 4.84. The zero-order valence-corrected chi connectivity index (χ0v) is 19.8. The lowest BCUT2D eigenvalue weighted by Crippen LogP contribution is -2.34. The first-order valence-corrected chi connectivity index (χ1v) is 11.9. The van der Waals surface area contributed by atoms with Gasteiger partial charge in [0.25, 0.3) is 5.56 Å². The highest BCUT2D eigenvalue weighted by atomic mass is 16.5. The molecular weight excluding hydrogens is 420 g/mol. The predicted octanol–water partition coefficient (Wildman–Crippen LogP) is 2.65. The molecule has 0 unspecified atom stereocenters. The zero-order valence-electron chi connectivity index (χ0n) is 19.8. The molecule has 4 rings (SSSR count). The number of pyridine rings is 1. The SMILES string of the molecule is CC[C@H](c1nnnn1C[C@H]1CCCO1)N(CCCO)Cc1cc2c(C)cc(C)cc2[nH]c1=O. The molecular formula is C24H34N6O3. The zero-order chi connectivity index (χ0) is 23.4. The average molecular weight is 455 g/mol. The van der Waals surface area contributed by atoms with Crippen LogP contribution in [0.4, 0.5) is 0 Å². The summed E-state index contributed by atoms with van der Waals surface area (Å²) in [6.45, 7) is 8.76. The van der Waals surface area contributed by atoms with E-state index in [2.05, 4.69) is 45.3 Å². The Kier molecular flexibility index (Phi) is 7.52. The number of tetrazole rings is 1. The lowest BCUT2D eigenvalue weighted by atomic mass is 10.0. The standard InChI is InChI=1S/C24H34N6O3/c1-4-22(23-26-27-28-30(23)15-19-7-5-10-33-19)29(8-6-9-31)14-18-13-20-17(3)11-16(2)12-21(20)25-24(18)32/h11-13,19,22,31H,4-10,14-15H2,1-3H3,(H,25,32)/t19-,22-/m1/s1. The number of nitrogens with one attached hydrogen (secondary N) is 1. The molecule has 178 valence electrons. The second-order valence-electron chi connectivity index (χ2n) is 8.99. The van der Waals surface area contributed by atoms with Gasteiger partial charge in [-0.3, -0.25) is 9.69 Å². The summed E-state index contributed by atoms with van der Waals surface area (Å²) in [5.74, 6) is 0.773. The van der Waals surface area contributed by atoms with E-state index in [1.165, 1.54) is 0 Å². The van der Waals surface area contributed by atoms with Gasteiger partial charge in [0.2, 0.25) is 0 Å². The molecule has 1 aromatic carbocycles. The van der Waals surface area contributed by atoms with Gasteiger partial charge in [-0.2, -0.15) is 0 Å². The van der Waals surface area contributed by atoms with Crippen molar-refractivity contribution >= 4 is 10.9 Å². The number of nitrogens with zero attached hydrogens (tertiary/aromatic N) is 5. The van der Waals surface area contributed by atoms with Crippen LogP contribution in [0.3, 0.4) is 0 Å². The van der Waals surface area contributed by atoms with Crippen molar-refractivity contribution in [1.82, 2.24) is 30.1 Å². The molecule has 2 aromatic heterocycles. The number of aliphatic hydroxyl groups excluding tert-OH is 1. The quantitative estimate of drug-likeness (QED) is 0.485. The molecule has 0 bridgehead atoms. The van der Waals surface area contributed by atoms with E-state index in [4.69, 9.17) is 4.74 Å². The Morgan fingerprint density at radius 3 is 2.91 bits per heavy atom. The Morgan fingerprint density at radius 2 is 2.18 bits per heavy atom. The van der Waals surface area contributed by atoms with Gasteiger partial charge in [-0.15, -0.1) is 5.10 Å². The lowest BCUT2D eigenvalue weighted by Gasteiger charge is -2.30. The molecule has 0 radical (unpaired) electrons. The van der Waals surface area contributed by atoms with E-state index in [1.54, 1.807) is 0 Å². The molecule has 0 aliphatic carbocycles. The van der Waals surface area contributed by atoms with E-state index in [9.17, 15) is 9.90 Å². The molecule has 0 saturated carbocycles. The molecule has 33 heavy (non-hydrogen) atoms. The van der Waals surface area contributed by atoms with Crippen LogP contribution in [0.5, 0.6) is 0 Å². The summed E-state index contributed by atoms with van der Waals surface area (Å²) in [6, 6.07) is 6.05. The fraction of sp³-hybridized carbons (Fsp3) is 0.583. The van der Waals surface area contributed by atoms with Crippen LogP contribution in [0.1, 0.15) is 61.2 Å². The Balaban J connectivity index is 1.65. The van der Waals surface area contributed by atoms with E-state index in [0.717, 1.165) is 53.7 Å². The molecule has 2 N–H and O–H groups in total. The topological polar surface area (TPSA) is 109 Å². The molecule has 9 nitrogen and oxygen atoms in total. The maximum absolute atomic E-state index is 13.0. The van der Waals surface area contributed by atoms with E-state index in [-0.39, 0.29) is 24.3 Å². The van der Waals surface area contributed by atoms with Crippen molar-refractivity contribution in [3.05, 3.63) is 51.1 Å². The highest BCUT2D eigenvalue weighted by Crippen LogP contribution is 2.26. The number of aromatic amines is 1. The minimum atomic E-state index is -0.0877. The van der Waals surface area contributed by atoms with Gasteiger partial charge in [-0.05, 0) is 73.2 Å². The Labute approximate surface area is 193 Å². The maximum atomic E-state index is 13.0. The van der Waals surface area contributed by atoms with Gasteiger partial charge in [0.05, 0.1) is 18.7 Å². The molecule has 3 aromatic rings. The second kappa shape index (κ2) is 10.5. The third-order valence-corrected chi connectivity index (χ3v) is 6.45. The van der Waals surface area contributed by atoms with Gasteiger partial charge in [-0.25, -0.2) is 4.68 Å². The number of fused-ring (bicyclic) bond motifs is 1. The highest BCUT2D eigenvalue weighted by molar-refractivity contribution is 5.83. The number of benzene rings is 1. The Hall–Kier alpha value is -2.62. The summed E-state index contributed by atoms with van der Waals surface area (Å²) in [5.41, 5.74) is 3.73. The number of aryl methyl sites for hydroxylation is 2. The van der Waals surface area contributed by atoms with Crippen molar-refractivity contribution in [3.8, 4) is 0 Å². The van der Waals surface area contributed by atoms with E-state index in [0.29, 0.717) is 31.6 Å². The van der Waals surface area contributed by atoms with Crippen molar-refractivity contribution < 1.29 is 9.84 Å². The van der Waals surface area contributed by atoms with Gasteiger partial charge in [0.15, 0.2) is 5.82 Å². The molecule has 2 atom stereocenters. The normalized spacial score (nSPS) is 17.3. The van der Waals surface area contributed by atoms with Crippen molar-refractivity contribution in [1.29, 1.82) is 0 Å². The molecule has 1 aliphatic rings. The Bertz CT molecular complexity index is 1130. The lowest BCUT2D eigenvalue weighted by molar-refractivity contribution is 0.0888. The van der Waals surface area contributed by atoms with Crippen LogP contribution in [0.2, 0.25) is 0 Å². The van der Waals surface area contributed by atoms with Crippen molar-refractivity contribution in [2.45, 2.75) is 71.7 Å². The smallest absolute Gasteiger partial charge is 0.252 e. The number of hydrogen-bond donors (Lipinski definition) is 2. The number of hydrogen-bond acceptors (Lipinski definition) is 7. The predicted molar refractivity (Wildman–Crippen MR) is 126 cm³/mol. The Morgan fingerprint density at radius 1 is 1.33 bits per heavy atom. The molecule has 3 heterocycles. The summed E-state index contributed by atoms with van der Waals surface area (Å²) in [4.78, 5) is 18.2. The second-order valence-corrected chi connectivity index (χ2v) is 8.99. The van der Waals surface area contributed by atoms with Crippen LogP contribution in [0, 0.1) is 13.8 Å². The largest absolute Gasteiger partial charge is 0.396 e. The summed E-state index contributed by atoms with van der Waals surface area (Å²) in [6.07, 6.45) is 3.58. The summed E-state index contributed by atoms with van der Waals surface area (Å²) in [7, 11) is 0. The minimum absolute atomic E-state index is 0.0813. The van der Waals surface area contributed by atoms with Crippen molar-refractivity contribution in [2.75, 3.05) is 19.8 Å². The summed E-state index contributed by atoms with van der Waals surface area (Å²) >= 11 is 0. The summed E-state index contributed by atoms with van der Waals surface area (Å²) < 4.78 is 7.62. The van der Waals surface area contributed by atoms with Crippen LogP contribution in [-0.4, -0.2) is 61.1 Å². The average Bonchev–Trinajstić information content (AvgIpc) is 3.46. The maximum Gasteiger partial charge on any atom is 0.252 e. The first kappa shape index (κ1) is 23.5. The minimum Gasteiger partial charge on any atom is -0.396 e. The highest BCUT2D eigenvalue weighted by Gasteiger charge is 2.27. The number of aliphatic hydroxyl groups is 1. The van der Waals surface area contributed by atoms with E-state index >= 15 is 0 Å². The van der Waals surface area contributed by atoms with Gasteiger partial charge in [-0.1, -0.05) is 13.0 Å². The van der Waals surface area contributed by atoms with Crippen LogP contribution in [-0.2, 0) is 17.8 Å². The van der Waals surface area contributed by atoms with Crippen LogP contribution in [0.15, 0.2) is 23.0 Å². The third-order valence-electron chi connectivity index (χ3n) is 6.45. The van der Waals surface area contributed by atoms with Crippen LogP contribution >= 0.6 is 0 Å². The summed E-state index contributed by atoms with van der Waals surface area (Å²) in [5, 5.41) is 23.1. The van der Waals surface area contributed by atoms with Gasteiger partial charge in [0.1, 0.15) is 0 Å². The molecule has 1 fully saturated rings. The van der Waals surface area contributed by atoms with Gasteiger partial charge < -0.3 is 14.8 Å². The van der Waals surface area contributed by atoms with E-state index < -0.39 is 0 Å². The number of rotatable bonds is 10. The molecule has 1 aliphatic heterocycles. The first-order valence-electron chi connectivity index (χ1n) is 11.9. The van der Waals surface area contributed by atoms with E-state index in [1.807, 2.05) is 23.7 Å². The fourth-order valence-electron chi connectivity index (χ4n) is 4.84.